The fourth-order valence-corrected chi connectivity index (χ4v) is 1.67. The lowest BCUT2D eigenvalue weighted by molar-refractivity contribution is -0.385. The second-order valence-electron chi connectivity index (χ2n) is 4.26. The minimum atomic E-state index is -0.702. The number of aromatic nitrogens is 1. The van der Waals surface area contributed by atoms with E-state index in [1.807, 2.05) is 6.07 Å². The maximum atomic E-state index is 11.0. The van der Waals surface area contributed by atoms with Crippen LogP contribution in [0.3, 0.4) is 0 Å². The summed E-state index contributed by atoms with van der Waals surface area (Å²) in [5, 5.41) is 29.3. The molecule has 1 aromatic heterocycles. The van der Waals surface area contributed by atoms with Crippen molar-refractivity contribution in [1.29, 1.82) is 5.26 Å². The van der Waals surface area contributed by atoms with Gasteiger partial charge in [-0.05, 0) is 30.7 Å². The van der Waals surface area contributed by atoms with Gasteiger partial charge in [0, 0.05) is 18.3 Å². The van der Waals surface area contributed by atoms with E-state index < -0.39 is 11.0 Å². The average molecular weight is 285 g/mol. The second kappa shape index (κ2) is 5.98. The predicted octanol–water partition coefficient (Wildman–Crippen LogP) is 2.71. The molecule has 7 nitrogen and oxygen atoms in total. The predicted molar refractivity (Wildman–Crippen MR) is 72.8 cm³/mol. The molecule has 0 saturated carbocycles. The van der Waals surface area contributed by atoms with Gasteiger partial charge >= 0.3 is 5.69 Å². The number of aliphatic hydroxyl groups excluding tert-OH is 1. The fourth-order valence-electron chi connectivity index (χ4n) is 1.67. The molecule has 21 heavy (non-hydrogen) atoms. The molecule has 7 heteroatoms. The summed E-state index contributed by atoms with van der Waals surface area (Å²) in [5.74, 6) is 0.107. The largest absolute Gasteiger partial charge is 0.432 e. The van der Waals surface area contributed by atoms with Gasteiger partial charge in [-0.25, -0.2) is 4.98 Å². The summed E-state index contributed by atoms with van der Waals surface area (Å²) in [4.78, 5) is 14.3. The number of aliphatic hydroxyl groups is 1. The standard InChI is InChI=1S/C14H11N3O4/c1-9(18)11-4-5-16-14(7-11)21-13-3-2-10(8-15)6-12(13)17(19)20/h2-7,9,18H,1H3/t9-/m0/s1. The molecule has 0 aliphatic carbocycles. The molecule has 0 saturated heterocycles. The van der Waals surface area contributed by atoms with Gasteiger partial charge in [-0.2, -0.15) is 5.26 Å². The highest BCUT2D eigenvalue weighted by Gasteiger charge is 2.17. The quantitative estimate of drug-likeness (QED) is 0.683. The topological polar surface area (TPSA) is 109 Å². The van der Waals surface area contributed by atoms with Gasteiger partial charge < -0.3 is 9.84 Å². The van der Waals surface area contributed by atoms with Crippen molar-refractivity contribution in [2.75, 3.05) is 0 Å². The number of hydrogen-bond acceptors (Lipinski definition) is 6. The Morgan fingerprint density at radius 1 is 1.43 bits per heavy atom. The lowest BCUT2D eigenvalue weighted by Gasteiger charge is -2.08. The molecule has 0 unspecified atom stereocenters. The van der Waals surface area contributed by atoms with Crippen LogP contribution >= 0.6 is 0 Å². The van der Waals surface area contributed by atoms with Crippen LogP contribution in [0.25, 0.3) is 0 Å². The summed E-state index contributed by atoms with van der Waals surface area (Å²) in [6.45, 7) is 1.59. The summed E-state index contributed by atoms with van der Waals surface area (Å²) in [6, 6.07) is 8.83. The Kier molecular flexibility index (Phi) is 4.11. The van der Waals surface area contributed by atoms with E-state index in [-0.39, 0.29) is 22.9 Å². The number of benzene rings is 1. The zero-order valence-corrected chi connectivity index (χ0v) is 11.1. The van der Waals surface area contributed by atoms with Gasteiger partial charge in [-0.15, -0.1) is 0 Å². The van der Waals surface area contributed by atoms with E-state index in [0.29, 0.717) is 5.56 Å². The van der Waals surface area contributed by atoms with Crippen molar-refractivity contribution in [1.82, 2.24) is 4.98 Å². The normalized spacial score (nSPS) is 11.5. The molecule has 2 rings (SSSR count). The molecule has 0 bridgehead atoms. The Hall–Kier alpha value is -2.98. The number of nitro benzene ring substituents is 1. The van der Waals surface area contributed by atoms with Crippen molar-refractivity contribution in [2.45, 2.75) is 13.0 Å². The molecule has 0 aliphatic heterocycles. The van der Waals surface area contributed by atoms with Crippen LogP contribution in [0.15, 0.2) is 36.5 Å². The highest BCUT2D eigenvalue weighted by molar-refractivity contribution is 5.52. The monoisotopic (exact) mass is 285 g/mol. The molecular formula is C14H11N3O4. The van der Waals surface area contributed by atoms with Gasteiger partial charge in [-0.1, -0.05) is 0 Å². The van der Waals surface area contributed by atoms with E-state index in [2.05, 4.69) is 4.98 Å². The lowest BCUT2D eigenvalue weighted by Crippen LogP contribution is -1.97. The van der Waals surface area contributed by atoms with E-state index in [4.69, 9.17) is 10.00 Å². The van der Waals surface area contributed by atoms with E-state index in [1.54, 1.807) is 13.0 Å². The maximum Gasteiger partial charge on any atom is 0.312 e. The third-order valence-corrected chi connectivity index (χ3v) is 2.74. The molecule has 0 fully saturated rings. The summed E-state index contributed by atoms with van der Waals surface area (Å²) < 4.78 is 5.39. The average Bonchev–Trinajstić information content (AvgIpc) is 2.47. The molecule has 1 heterocycles. The molecule has 0 aliphatic rings. The molecule has 0 amide bonds. The Bertz CT molecular complexity index is 722. The first-order chi connectivity index (χ1) is 10.0. The summed E-state index contributed by atoms with van der Waals surface area (Å²) in [6.07, 6.45) is 0.735. The second-order valence-corrected chi connectivity index (χ2v) is 4.26. The van der Waals surface area contributed by atoms with Crippen LogP contribution in [-0.2, 0) is 0 Å². The smallest absolute Gasteiger partial charge is 0.312 e. The Balaban J connectivity index is 2.38. The number of nitrogens with zero attached hydrogens (tertiary/aromatic N) is 3. The maximum absolute atomic E-state index is 11.0. The summed E-state index contributed by atoms with van der Waals surface area (Å²) in [7, 11) is 0. The number of rotatable bonds is 4. The third kappa shape index (κ3) is 3.32. The van der Waals surface area contributed by atoms with Crippen LogP contribution < -0.4 is 4.74 Å². The number of pyridine rings is 1. The zero-order chi connectivity index (χ0) is 15.4. The molecule has 0 radical (unpaired) electrons. The van der Waals surface area contributed by atoms with Crippen molar-refractivity contribution in [2.24, 2.45) is 0 Å². The molecule has 0 spiro atoms. The summed E-state index contributed by atoms with van der Waals surface area (Å²) >= 11 is 0. The zero-order valence-electron chi connectivity index (χ0n) is 11.1. The van der Waals surface area contributed by atoms with Crippen LogP contribution in [0, 0.1) is 21.4 Å². The van der Waals surface area contributed by atoms with Crippen molar-refractivity contribution < 1.29 is 14.8 Å². The molecular weight excluding hydrogens is 274 g/mol. The van der Waals surface area contributed by atoms with Gasteiger partial charge in [0.15, 0.2) is 0 Å². The molecule has 1 N–H and O–H groups in total. The summed E-state index contributed by atoms with van der Waals surface area (Å²) in [5.41, 5.74) is 0.425. The highest BCUT2D eigenvalue weighted by atomic mass is 16.6. The number of hydrogen-bond donors (Lipinski definition) is 1. The molecule has 1 aromatic carbocycles. The van der Waals surface area contributed by atoms with Crippen LogP contribution in [0.5, 0.6) is 11.6 Å². The van der Waals surface area contributed by atoms with Gasteiger partial charge in [0.05, 0.1) is 22.7 Å². The van der Waals surface area contributed by atoms with Gasteiger partial charge in [-0.3, -0.25) is 10.1 Å². The van der Waals surface area contributed by atoms with Crippen LogP contribution in [0.4, 0.5) is 5.69 Å². The van der Waals surface area contributed by atoms with Crippen molar-refractivity contribution >= 4 is 5.69 Å². The van der Waals surface area contributed by atoms with E-state index >= 15 is 0 Å². The van der Waals surface area contributed by atoms with Crippen LogP contribution in [0.2, 0.25) is 0 Å². The minimum Gasteiger partial charge on any atom is -0.432 e. The third-order valence-electron chi connectivity index (χ3n) is 2.74. The van der Waals surface area contributed by atoms with Crippen LogP contribution in [-0.4, -0.2) is 15.0 Å². The number of ether oxygens (including phenoxy) is 1. The number of nitriles is 1. The first kappa shape index (κ1) is 14.4. The van der Waals surface area contributed by atoms with Crippen LogP contribution in [0.1, 0.15) is 24.2 Å². The van der Waals surface area contributed by atoms with Crippen molar-refractivity contribution in [3.63, 3.8) is 0 Å². The van der Waals surface area contributed by atoms with Crippen molar-refractivity contribution in [3.8, 4) is 17.7 Å². The van der Waals surface area contributed by atoms with E-state index in [9.17, 15) is 15.2 Å². The molecule has 106 valence electrons. The number of nitro groups is 1. The Labute approximate surface area is 120 Å². The molecule has 2 aromatic rings. The van der Waals surface area contributed by atoms with E-state index in [1.165, 1.54) is 24.4 Å². The SMILES string of the molecule is C[C@H](O)c1ccnc(Oc2ccc(C#N)cc2[N+](=O)[O-])c1. The molecule has 1 atom stereocenters. The van der Waals surface area contributed by atoms with Gasteiger partial charge in [0.25, 0.3) is 0 Å². The Morgan fingerprint density at radius 3 is 2.81 bits per heavy atom. The first-order valence-corrected chi connectivity index (χ1v) is 6.01. The first-order valence-electron chi connectivity index (χ1n) is 6.01. The van der Waals surface area contributed by atoms with Crippen molar-refractivity contribution in [3.05, 3.63) is 57.8 Å². The lowest BCUT2D eigenvalue weighted by atomic mass is 10.2. The van der Waals surface area contributed by atoms with E-state index in [0.717, 1.165) is 6.07 Å². The minimum absolute atomic E-state index is 0.0192. The fraction of sp³-hybridized carbons (Fsp3) is 0.143. The van der Waals surface area contributed by atoms with Gasteiger partial charge in [0.1, 0.15) is 0 Å². The van der Waals surface area contributed by atoms with Gasteiger partial charge in [0.2, 0.25) is 11.6 Å². The Morgan fingerprint density at radius 2 is 2.19 bits per heavy atom. The highest BCUT2D eigenvalue weighted by Crippen LogP contribution is 2.31.